The molecule has 0 saturated carbocycles. The Morgan fingerprint density at radius 2 is 1.88 bits per heavy atom. The summed E-state index contributed by atoms with van der Waals surface area (Å²) in [4.78, 5) is 9.00. The lowest BCUT2D eigenvalue weighted by Crippen LogP contribution is -2.37. The molecule has 0 unspecified atom stereocenters. The standard InChI is InChI=1S/C25H35N5O2.HI/c1-19-11-12-21(24(17-19)32-16-8-15-31-4)18-28-25(26-3)27-13-7-14-30-20(2)29-22-9-5-6-10-23(22)30;/h5-6,9-12,17H,7-8,13-16,18H2,1-4H3,(H2,26,27,28);1H. The predicted octanol–water partition coefficient (Wildman–Crippen LogP) is 4.44. The number of guanidine groups is 1. The largest absolute Gasteiger partial charge is 0.493 e. The summed E-state index contributed by atoms with van der Waals surface area (Å²) in [6.45, 7) is 7.85. The number of hydrogen-bond donors (Lipinski definition) is 2. The molecule has 33 heavy (non-hydrogen) atoms. The number of aromatic nitrogens is 2. The van der Waals surface area contributed by atoms with Gasteiger partial charge in [0.1, 0.15) is 11.6 Å². The zero-order chi connectivity index (χ0) is 22.8. The summed E-state index contributed by atoms with van der Waals surface area (Å²) in [5.74, 6) is 2.74. The third-order valence-electron chi connectivity index (χ3n) is 5.34. The minimum Gasteiger partial charge on any atom is -0.493 e. The van der Waals surface area contributed by atoms with Crippen LogP contribution >= 0.6 is 24.0 Å². The van der Waals surface area contributed by atoms with E-state index in [1.807, 2.05) is 6.07 Å². The van der Waals surface area contributed by atoms with E-state index in [0.717, 1.165) is 54.5 Å². The smallest absolute Gasteiger partial charge is 0.191 e. The van der Waals surface area contributed by atoms with Crippen LogP contribution in [0.25, 0.3) is 11.0 Å². The summed E-state index contributed by atoms with van der Waals surface area (Å²) in [6.07, 6.45) is 1.84. The van der Waals surface area contributed by atoms with E-state index in [1.165, 1.54) is 11.1 Å². The van der Waals surface area contributed by atoms with Gasteiger partial charge in [-0.3, -0.25) is 4.99 Å². The Bertz CT molecular complexity index is 1030. The Kier molecular flexibility index (Phi) is 11.5. The number of methoxy groups -OCH3 is 1. The SMILES string of the molecule is CN=C(NCCCn1c(C)nc2ccccc21)NCc1ccc(C)cc1OCCCOC.I. The number of hydrogen-bond acceptors (Lipinski definition) is 4. The molecule has 1 heterocycles. The monoisotopic (exact) mass is 565 g/mol. The molecule has 3 aromatic rings. The van der Waals surface area contributed by atoms with Gasteiger partial charge in [0.05, 0.1) is 17.6 Å². The van der Waals surface area contributed by atoms with Gasteiger partial charge in [-0.1, -0.05) is 24.3 Å². The summed E-state index contributed by atoms with van der Waals surface area (Å²) >= 11 is 0. The van der Waals surface area contributed by atoms with Crippen molar-refractivity contribution in [3.63, 3.8) is 0 Å². The molecule has 1 aromatic heterocycles. The van der Waals surface area contributed by atoms with Gasteiger partial charge < -0.3 is 24.7 Å². The number of imidazole rings is 1. The van der Waals surface area contributed by atoms with Gasteiger partial charge in [0.25, 0.3) is 0 Å². The molecule has 0 saturated heterocycles. The average Bonchev–Trinajstić information content (AvgIpc) is 3.12. The van der Waals surface area contributed by atoms with Crippen LogP contribution < -0.4 is 15.4 Å². The fraction of sp³-hybridized carbons (Fsp3) is 0.440. The first-order chi connectivity index (χ1) is 15.6. The van der Waals surface area contributed by atoms with Crippen LogP contribution in [0, 0.1) is 13.8 Å². The molecule has 180 valence electrons. The van der Waals surface area contributed by atoms with Crippen molar-refractivity contribution in [3.8, 4) is 5.75 Å². The molecule has 7 nitrogen and oxygen atoms in total. The fourth-order valence-corrected chi connectivity index (χ4v) is 3.65. The van der Waals surface area contributed by atoms with Gasteiger partial charge >= 0.3 is 0 Å². The Labute approximate surface area is 214 Å². The fourth-order valence-electron chi connectivity index (χ4n) is 3.65. The molecule has 2 N–H and O–H groups in total. The molecule has 0 atom stereocenters. The number of fused-ring (bicyclic) bond motifs is 1. The summed E-state index contributed by atoms with van der Waals surface area (Å²) < 4.78 is 13.4. The first-order valence-corrected chi connectivity index (χ1v) is 11.2. The lowest BCUT2D eigenvalue weighted by molar-refractivity contribution is 0.171. The van der Waals surface area contributed by atoms with E-state index < -0.39 is 0 Å². The number of nitrogens with zero attached hydrogens (tertiary/aromatic N) is 3. The second-order valence-corrected chi connectivity index (χ2v) is 7.81. The Hall–Kier alpha value is -2.33. The van der Waals surface area contributed by atoms with Crippen molar-refractivity contribution in [2.24, 2.45) is 4.99 Å². The summed E-state index contributed by atoms with van der Waals surface area (Å²) in [7, 11) is 3.50. The average molecular weight is 566 g/mol. The van der Waals surface area contributed by atoms with Crippen molar-refractivity contribution in [2.75, 3.05) is 33.9 Å². The molecule has 0 bridgehead atoms. The van der Waals surface area contributed by atoms with E-state index in [2.05, 4.69) is 75.4 Å². The van der Waals surface area contributed by atoms with Gasteiger partial charge in [0.2, 0.25) is 0 Å². The number of benzene rings is 2. The first-order valence-electron chi connectivity index (χ1n) is 11.2. The molecule has 0 spiro atoms. The number of halogens is 1. The van der Waals surface area contributed by atoms with E-state index in [4.69, 9.17) is 9.47 Å². The Morgan fingerprint density at radius 3 is 2.67 bits per heavy atom. The van der Waals surface area contributed by atoms with Gasteiger partial charge in [-0.15, -0.1) is 24.0 Å². The van der Waals surface area contributed by atoms with Crippen LogP contribution in [-0.4, -0.2) is 49.4 Å². The van der Waals surface area contributed by atoms with Gasteiger partial charge in [0, 0.05) is 52.4 Å². The molecule has 0 aliphatic rings. The van der Waals surface area contributed by atoms with E-state index in [9.17, 15) is 0 Å². The molecule has 0 aliphatic carbocycles. The molecule has 0 amide bonds. The Morgan fingerprint density at radius 1 is 1.06 bits per heavy atom. The topological polar surface area (TPSA) is 72.7 Å². The van der Waals surface area contributed by atoms with Gasteiger partial charge in [-0.25, -0.2) is 4.98 Å². The highest BCUT2D eigenvalue weighted by atomic mass is 127. The zero-order valence-corrected chi connectivity index (χ0v) is 22.4. The maximum absolute atomic E-state index is 5.98. The van der Waals surface area contributed by atoms with Gasteiger partial charge in [-0.2, -0.15) is 0 Å². The number of aliphatic imine (C=N–C) groups is 1. The van der Waals surface area contributed by atoms with Crippen LogP contribution in [0.2, 0.25) is 0 Å². The predicted molar refractivity (Wildman–Crippen MR) is 146 cm³/mol. The molecular weight excluding hydrogens is 529 g/mol. The van der Waals surface area contributed by atoms with E-state index in [-0.39, 0.29) is 24.0 Å². The van der Waals surface area contributed by atoms with Crippen LogP contribution in [0.4, 0.5) is 0 Å². The summed E-state index contributed by atoms with van der Waals surface area (Å²) in [5.41, 5.74) is 4.52. The third kappa shape index (κ3) is 7.89. The summed E-state index contributed by atoms with van der Waals surface area (Å²) in [5, 5.41) is 6.81. The van der Waals surface area contributed by atoms with E-state index in [1.54, 1.807) is 14.2 Å². The molecule has 3 rings (SSSR count). The van der Waals surface area contributed by atoms with Crippen LogP contribution in [0.15, 0.2) is 47.5 Å². The highest BCUT2D eigenvalue weighted by Crippen LogP contribution is 2.20. The van der Waals surface area contributed by atoms with Crippen molar-refractivity contribution >= 4 is 41.0 Å². The molecule has 0 radical (unpaired) electrons. The molecule has 2 aromatic carbocycles. The van der Waals surface area contributed by atoms with Crippen LogP contribution in [0.5, 0.6) is 5.75 Å². The molecule has 8 heteroatoms. The maximum Gasteiger partial charge on any atom is 0.191 e. The number of aryl methyl sites for hydroxylation is 3. The zero-order valence-electron chi connectivity index (χ0n) is 20.1. The number of nitrogens with one attached hydrogen (secondary N) is 2. The normalized spacial score (nSPS) is 11.3. The van der Waals surface area contributed by atoms with Crippen molar-refractivity contribution in [2.45, 2.75) is 39.8 Å². The van der Waals surface area contributed by atoms with Gasteiger partial charge in [0.15, 0.2) is 5.96 Å². The lowest BCUT2D eigenvalue weighted by atomic mass is 10.1. The minimum atomic E-state index is 0. The quantitative estimate of drug-likeness (QED) is 0.156. The van der Waals surface area contributed by atoms with Crippen molar-refractivity contribution in [1.82, 2.24) is 20.2 Å². The van der Waals surface area contributed by atoms with Crippen LogP contribution in [-0.2, 0) is 17.8 Å². The second-order valence-electron chi connectivity index (χ2n) is 7.81. The van der Waals surface area contributed by atoms with Crippen LogP contribution in [0.3, 0.4) is 0 Å². The molecule has 0 fully saturated rings. The van der Waals surface area contributed by atoms with E-state index >= 15 is 0 Å². The minimum absolute atomic E-state index is 0. The molecule has 0 aliphatic heterocycles. The number of ether oxygens (including phenoxy) is 2. The number of para-hydroxylation sites is 2. The maximum atomic E-state index is 5.98. The third-order valence-corrected chi connectivity index (χ3v) is 5.34. The number of rotatable bonds is 11. The van der Waals surface area contributed by atoms with Crippen molar-refractivity contribution in [1.29, 1.82) is 0 Å². The van der Waals surface area contributed by atoms with Gasteiger partial charge in [-0.05, 0) is 44.0 Å². The molecular formula is C25H36IN5O2. The first kappa shape index (κ1) is 26.9. The van der Waals surface area contributed by atoms with Crippen LogP contribution in [0.1, 0.15) is 29.8 Å². The lowest BCUT2D eigenvalue weighted by Gasteiger charge is -2.16. The highest BCUT2D eigenvalue weighted by molar-refractivity contribution is 14.0. The van der Waals surface area contributed by atoms with E-state index in [0.29, 0.717) is 19.8 Å². The highest BCUT2D eigenvalue weighted by Gasteiger charge is 2.08. The van der Waals surface area contributed by atoms with Crippen molar-refractivity contribution in [3.05, 3.63) is 59.4 Å². The Balaban J connectivity index is 0.00000385. The second kappa shape index (κ2) is 14.0. The van der Waals surface area contributed by atoms with Crippen molar-refractivity contribution < 1.29 is 9.47 Å². The summed E-state index contributed by atoms with van der Waals surface area (Å²) in [6, 6.07) is 14.6.